The van der Waals surface area contributed by atoms with Gasteiger partial charge in [0.15, 0.2) is 0 Å². The maximum Gasteiger partial charge on any atom is 0.326 e. The van der Waals surface area contributed by atoms with E-state index in [1.54, 1.807) is 4.57 Å². The van der Waals surface area contributed by atoms with E-state index in [9.17, 15) is 4.79 Å². The molecule has 0 saturated carbocycles. The molecule has 0 fully saturated rings. The van der Waals surface area contributed by atoms with Gasteiger partial charge >= 0.3 is 5.69 Å². The Morgan fingerprint density at radius 2 is 2.20 bits per heavy atom. The summed E-state index contributed by atoms with van der Waals surface area (Å²) < 4.78 is 1.78. The van der Waals surface area contributed by atoms with Crippen molar-refractivity contribution in [2.75, 3.05) is 13.6 Å². The lowest BCUT2D eigenvalue weighted by molar-refractivity contribution is 0.517. The average molecular weight is 205 g/mol. The zero-order valence-electron chi connectivity index (χ0n) is 8.95. The van der Waals surface area contributed by atoms with Crippen molar-refractivity contribution in [3.63, 3.8) is 0 Å². The molecule has 2 N–H and O–H groups in total. The standard InChI is InChI=1S/C11H15N3O/c1-8(7-12-2)14-10-6-4-3-5-9(10)13-11(14)15/h3-6,8,12H,7H2,1-2H3,(H,13,15). The molecule has 2 aromatic rings. The third-order valence-electron chi connectivity index (χ3n) is 2.56. The molecular weight excluding hydrogens is 190 g/mol. The van der Waals surface area contributed by atoms with E-state index < -0.39 is 0 Å². The number of fused-ring (bicyclic) bond motifs is 1. The predicted molar refractivity (Wildman–Crippen MR) is 61.2 cm³/mol. The summed E-state index contributed by atoms with van der Waals surface area (Å²) in [6.45, 7) is 2.81. The summed E-state index contributed by atoms with van der Waals surface area (Å²) in [5.41, 5.74) is 1.81. The zero-order chi connectivity index (χ0) is 10.8. The molecule has 0 saturated heterocycles. The lowest BCUT2D eigenvalue weighted by atomic mass is 10.3. The number of rotatable bonds is 3. The first-order valence-electron chi connectivity index (χ1n) is 5.08. The van der Waals surface area contributed by atoms with Gasteiger partial charge in [-0.15, -0.1) is 0 Å². The van der Waals surface area contributed by atoms with Gasteiger partial charge in [0.1, 0.15) is 0 Å². The third-order valence-corrected chi connectivity index (χ3v) is 2.56. The van der Waals surface area contributed by atoms with E-state index in [-0.39, 0.29) is 11.7 Å². The summed E-state index contributed by atoms with van der Waals surface area (Å²) >= 11 is 0. The molecule has 0 aliphatic rings. The average Bonchev–Trinajstić information content (AvgIpc) is 2.54. The van der Waals surface area contributed by atoms with Crippen LogP contribution < -0.4 is 11.0 Å². The van der Waals surface area contributed by atoms with Crippen molar-refractivity contribution >= 4 is 11.0 Å². The number of hydrogen-bond acceptors (Lipinski definition) is 2. The fraction of sp³-hybridized carbons (Fsp3) is 0.364. The molecule has 1 aromatic heterocycles. The van der Waals surface area contributed by atoms with Crippen LogP contribution in [0.15, 0.2) is 29.1 Å². The number of likely N-dealkylation sites (N-methyl/N-ethyl adjacent to an activating group) is 1. The molecule has 4 heteroatoms. The summed E-state index contributed by atoms with van der Waals surface area (Å²) in [5, 5.41) is 3.07. The van der Waals surface area contributed by atoms with Crippen LogP contribution in [0.5, 0.6) is 0 Å². The number of hydrogen-bond donors (Lipinski definition) is 2. The minimum Gasteiger partial charge on any atom is -0.318 e. The molecule has 0 spiro atoms. The molecule has 15 heavy (non-hydrogen) atoms. The molecule has 1 heterocycles. The number of nitrogens with zero attached hydrogens (tertiary/aromatic N) is 1. The SMILES string of the molecule is CNCC(C)n1c(=O)[nH]c2ccccc21. The Labute approximate surface area is 87.9 Å². The Bertz CT molecular complexity index is 512. The van der Waals surface area contributed by atoms with Crippen molar-refractivity contribution < 1.29 is 0 Å². The normalized spacial score (nSPS) is 13.2. The monoisotopic (exact) mass is 205 g/mol. The van der Waals surface area contributed by atoms with E-state index in [0.717, 1.165) is 17.6 Å². The Balaban J connectivity index is 2.58. The molecule has 1 atom stereocenters. The molecule has 2 rings (SSSR count). The van der Waals surface area contributed by atoms with Crippen molar-refractivity contribution in [1.29, 1.82) is 0 Å². The summed E-state index contributed by atoms with van der Waals surface area (Å²) in [6, 6.07) is 7.89. The van der Waals surface area contributed by atoms with Crippen LogP contribution in [0.1, 0.15) is 13.0 Å². The lowest BCUT2D eigenvalue weighted by Gasteiger charge is -2.12. The quantitative estimate of drug-likeness (QED) is 0.788. The number of imidazole rings is 1. The Morgan fingerprint density at radius 3 is 2.93 bits per heavy atom. The van der Waals surface area contributed by atoms with Crippen molar-refractivity contribution in [3.05, 3.63) is 34.7 Å². The van der Waals surface area contributed by atoms with Crippen LogP contribution in [0, 0.1) is 0 Å². The van der Waals surface area contributed by atoms with Crippen LogP contribution in [-0.2, 0) is 0 Å². The largest absolute Gasteiger partial charge is 0.326 e. The van der Waals surface area contributed by atoms with Crippen LogP contribution in [0.4, 0.5) is 0 Å². The van der Waals surface area contributed by atoms with Gasteiger partial charge in [0, 0.05) is 12.6 Å². The summed E-state index contributed by atoms with van der Waals surface area (Å²) in [7, 11) is 1.89. The number of benzene rings is 1. The minimum absolute atomic E-state index is 0.0426. The number of aromatic amines is 1. The van der Waals surface area contributed by atoms with Gasteiger partial charge in [-0.05, 0) is 26.1 Å². The van der Waals surface area contributed by atoms with E-state index in [4.69, 9.17) is 0 Å². The van der Waals surface area contributed by atoms with Gasteiger partial charge in [-0.1, -0.05) is 12.1 Å². The molecule has 0 bridgehead atoms. The van der Waals surface area contributed by atoms with Crippen LogP contribution in [0.25, 0.3) is 11.0 Å². The van der Waals surface area contributed by atoms with Crippen molar-refractivity contribution in [1.82, 2.24) is 14.9 Å². The van der Waals surface area contributed by atoms with Gasteiger partial charge in [-0.25, -0.2) is 4.79 Å². The molecule has 1 aromatic carbocycles. The second kappa shape index (κ2) is 3.90. The number of para-hydroxylation sites is 2. The first-order valence-corrected chi connectivity index (χ1v) is 5.08. The fourth-order valence-corrected chi connectivity index (χ4v) is 1.90. The molecule has 0 amide bonds. The topological polar surface area (TPSA) is 49.8 Å². The van der Waals surface area contributed by atoms with Gasteiger partial charge in [0.25, 0.3) is 0 Å². The van der Waals surface area contributed by atoms with E-state index in [1.165, 1.54) is 0 Å². The molecule has 0 radical (unpaired) electrons. The number of H-pyrrole nitrogens is 1. The number of aromatic nitrogens is 2. The molecule has 1 unspecified atom stereocenters. The summed E-state index contributed by atoms with van der Waals surface area (Å²) in [4.78, 5) is 14.6. The highest BCUT2D eigenvalue weighted by Crippen LogP contribution is 2.13. The zero-order valence-corrected chi connectivity index (χ0v) is 8.95. The van der Waals surface area contributed by atoms with Crippen molar-refractivity contribution in [2.24, 2.45) is 0 Å². The van der Waals surface area contributed by atoms with Gasteiger partial charge in [0.2, 0.25) is 0 Å². The van der Waals surface area contributed by atoms with Crippen LogP contribution >= 0.6 is 0 Å². The van der Waals surface area contributed by atoms with E-state index in [0.29, 0.717) is 0 Å². The molecule has 4 nitrogen and oxygen atoms in total. The fourth-order valence-electron chi connectivity index (χ4n) is 1.90. The third kappa shape index (κ3) is 1.68. The van der Waals surface area contributed by atoms with Gasteiger partial charge in [-0.2, -0.15) is 0 Å². The van der Waals surface area contributed by atoms with Gasteiger partial charge < -0.3 is 10.3 Å². The Morgan fingerprint density at radius 1 is 1.47 bits per heavy atom. The van der Waals surface area contributed by atoms with Gasteiger partial charge in [0.05, 0.1) is 11.0 Å². The number of nitrogens with one attached hydrogen (secondary N) is 2. The second-order valence-electron chi connectivity index (χ2n) is 3.72. The van der Waals surface area contributed by atoms with Crippen LogP contribution in [-0.4, -0.2) is 23.1 Å². The Hall–Kier alpha value is -1.55. The second-order valence-corrected chi connectivity index (χ2v) is 3.72. The molecular formula is C11H15N3O. The first kappa shape index (κ1) is 9.98. The predicted octanol–water partition coefficient (Wildman–Crippen LogP) is 1.11. The minimum atomic E-state index is -0.0426. The summed E-state index contributed by atoms with van der Waals surface area (Å²) in [5.74, 6) is 0. The van der Waals surface area contributed by atoms with Gasteiger partial charge in [-0.3, -0.25) is 4.57 Å². The smallest absolute Gasteiger partial charge is 0.318 e. The van der Waals surface area contributed by atoms with Crippen LogP contribution in [0.2, 0.25) is 0 Å². The van der Waals surface area contributed by atoms with E-state index in [1.807, 2.05) is 38.2 Å². The van der Waals surface area contributed by atoms with Crippen molar-refractivity contribution in [2.45, 2.75) is 13.0 Å². The highest BCUT2D eigenvalue weighted by atomic mass is 16.1. The van der Waals surface area contributed by atoms with E-state index in [2.05, 4.69) is 10.3 Å². The summed E-state index contributed by atoms with van der Waals surface area (Å²) in [6.07, 6.45) is 0. The highest BCUT2D eigenvalue weighted by molar-refractivity contribution is 5.75. The van der Waals surface area contributed by atoms with E-state index >= 15 is 0 Å². The van der Waals surface area contributed by atoms with Crippen LogP contribution in [0.3, 0.4) is 0 Å². The molecule has 80 valence electrons. The molecule has 0 aliphatic carbocycles. The lowest BCUT2D eigenvalue weighted by Crippen LogP contribution is -2.27. The maximum atomic E-state index is 11.7. The molecule has 0 aliphatic heterocycles. The first-order chi connectivity index (χ1) is 7.24. The maximum absolute atomic E-state index is 11.7. The van der Waals surface area contributed by atoms with Crippen molar-refractivity contribution in [3.8, 4) is 0 Å². The highest BCUT2D eigenvalue weighted by Gasteiger charge is 2.11. The Kier molecular flexibility index (Phi) is 2.60.